The van der Waals surface area contributed by atoms with Crippen LogP contribution in [0, 0.1) is 5.92 Å². The molecule has 0 radical (unpaired) electrons. The van der Waals surface area contributed by atoms with Gasteiger partial charge in [0.15, 0.2) is 0 Å². The lowest BCUT2D eigenvalue weighted by molar-refractivity contribution is -0.122. The zero-order chi connectivity index (χ0) is 15.6. The highest BCUT2D eigenvalue weighted by Crippen LogP contribution is 2.32. The molecule has 1 aliphatic carbocycles. The largest absolute Gasteiger partial charge is 0.326 e. The van der Waals surface area contributed by atoms with Gasteiger partial charge in [0.2, 0.25) is 5.91 Å². The zero-order valence-electron chi connectivity index (χ0n) is 13.2. The van der Waals surface area contributed by atoms with Crippen molar-refractivity contribution in [2.75, 3.05) is 5.32 Å². The van der Waals surface area contributed by atoms with Gasteiger partial charge in [-0.1, -0.05) is 12.8 Å². The Morgan fingerprint density at radius 1 is 1.35 bits per heavy atom. The van der Waals surface area contributed by atoms with Gasteiger partial charge in [0.1, 0.15) is 0 Å². The normalized spacial score (nSPS) is 23.8. The Balaban J connectivity index is 0.00000192. The molecule has 1 aromatic heterocycles. The molecule has 0 aliphatic heterocycles. The van der Waals surface area contributed by atoms with Crippen molar-refractivity contribution in [2.45, 2.75) is 38.1 Å². The second kappa shape index (κ2) is 7.15. The van der Waals surface area contributed by atoms with E-state index in [1.807, 2.05) is 43.5 Å². The van der Waals surface area contributed by atoms with Crippen LogP contribution in [0.4, 0.5) is 5.69 Å². The summed E-state index contributed by atoms with van der Waals surface area (Å²) >= 11 is 0. The molecule has 5 nitrogen and oxygen atoms in total. The molecule has 2 atom stereocenters. The van der Waals surface area contributed by atoms with Gasteiger partial charge in [0.25, 0.3) is 0 Å². The van der Waals surface area contributed by atoms with Gasteiger partial charge in [-0.3, -0.25) is 4.79 Å². The third kappa shape index (κ3) is 3.92. The van der Waals surface area contributed by atoms with Gasteiger partial charge in [-0.15, -0.1) is 12.4 Å². The predicted molar refractivity (Wildman–Crippen MR) is 94.0 cm³/mol. The molecule has 3 N–H and O–H groups in total. The van der Waals surface area contributed by atoms with Crippen molar-refractivity contribution in [3.05, 3.63) is 42.7 Å². The number of benzene rings is 1. The summed E-state index contributed by atoms with van der Waals surface area (Å²) in [5.74, 6) is -0.0939. The summed E-state index contributed by atoms with van der Waals surface area (Å²) in [6, 6.07) is 9.54. The standard InChI is InChI=1S/C17H22N4O.ClH/c1-17(18)10-3-2-5-15(17)16(22)20-13-6-8-14(9-7-13)21-12-4-11-19-21;/h4,6-9,11-12,15H,2-3,5,10,18H2,1H3,(H,20,22);1H. The highest BCUT2D eigenvalue weighted by Gasteiger charge is 2.37. The number of amides is 1. The van der Waals surface area contributed by atoms with E-state index in [-0.39, 0.29) is 24.2 Å². The summed E-state index contributed by atoms with van der Waals surface area (Å²) < 4.78 is 1.78. The number of nitrogens with zero attached hydrogens (tertiary/aromatic N) is 2. The molecule has 0 bridgehead atoms. The second-order valence-corrected chi connectivity index (χ2v) is 6.29. The van der Waals surface area contributed by atoms with Gasteiger partial charge < -0.3 is 11.1 Å². The fourth-order valence-corrected chi connectivity index (χ4v) is 3.14. The first-order valence-electron chi connectivity index (χ1n) is 7.76. The number of hydrogen-bond acceptors (Lipinski definition) is 3. The summed E-state index contributed by atoms with van der Waals surface area (Å²) in [6.45, 7) is 1.98. The van der Waals surface area contributed by atoms with Crippen molar-refractivity contribution in [1.29, 1.82) is 0 Å². The maximum absolute atomic E-state index is 12.5. The van der Waals surface area contributed by atoms with Crippen LogP contribution in [0.15, 0.2) is 42.7 Å². The first-order valence-corrected chi connectivity index (χ1v) is 7.76. The summed E-state index contributed by atoms with van der Waals surface area (Å²) in [5, 5.41) is 7.17. The minimum Gasteiger partial charge on any atom is -0.326 e. The van der Waals surface area contributed by atoms with Gasteiger partial charge in [-0.25, -0.2) is 4.68 Å². The molecule has 1 aliphatic rings. The van der Waals surface area contributed by atoms with E-state index in [4.69, 9.17) is 5.73 Å². The summed E-state index contributed by atoms with van der Waals surface area (Å²) in [6.07, 6.45) is 7.57. The Bertz CT molecular complexity index is 637. The van der Waals surface area contributed by atoms with Gasteiger partial charge in [0.05, 0.1) is 11.6 Å². The number of nitrogens with one attached hydrogen (secondary N) is 1. The van der Waals surface area contributed by atoms with Crippen molar-refractivity contribution in [3.8, 4) is 5.69 Å². The van der Waals surface area contributed by atoms with Crippen LogP contribution in [0.2, 0.25) is 0 Å². The van der Waals surface area contributed by atoms with Crippen molar-refractivity contribution < 1.29 is 4.79 Å². The van der Waals surface area contributed by atoms with E-state index in [0.717, 1.165) is 37.1 Å². The molecule has 0 saturated heterocycles. The highest BCUT2D eigenvalue weighted by atomic mass is 35.5. The third-order valence-corrected chi connectivity index (χ3v) is 4.47. The third-order valence-electron chi connectivity index (χ3n) is 4.47. The number of aromatic nitrogens is 2. The molecule has 2 aromatic rings. The Labute approximate surface area is 142 Å². The maximum Gasteiger partial charge on any atom is 0.229 e. The molecule has 3 rings (SSSR count). The average Bonchev–Trinajstić information content (AvgIpc) is 3.01. The Morgan fingerprint density at radius 3 is 2.70 bits per heavy atom. The highest BCUT2D eigenvalue weighted by molar-refractivity contribution is 5.93. The quantitative estimate of drug-likeness (QED) is 0.905. The van der Waals surface area contributed by atoms with Crippen LogP contribution in [0.3, 0.4) is 0 Å². The van der Waals surface area contributed by atoms with Gasteiger partial charge in [0, 0.05) is 23.6 Å². The van der Waals surface area contributed by atoms with E-state index < -0.39 is 5.54 Å². The number of hydrogen-bond donors (Lipinski definition) is 2. The van der Waals surface area contributed by atoms with Crippen molar-refractivity contribution in [3.63, 3.8) is 0 Å². The number of nitrogens with two attached hydrogens (primary N) is 1. The SMILES string of the molecule is CC1(N)CCCCC1C(=O)Nc1ccc(-n2cccn2)cc1.Cl. The summed E-state index contributed by atoms with van der Waals surface area (Å²) in [4.78, 5) is 12.5. The van der Waals surface area contributed by atoms with Crippen LogP contribution in [0.1, 0.15) is 32.6 Å². The van der Waals surface area contributed by atoms with E-state index in [2.05, 4.69) is 10.4 Å². The monoisotopic (exact) mass is 334 g/mol. The fourth-order valence-electron chi connectivity index (χ4n) is 3.14. The number of rotatable bonds is 3. The van der Waals surface area contributed by atoms with Crippen LogP contribution in [0.25, 0.3) is 5.69 Å². The first kappa shape index (κ1) is 17.5. The molecule has 2 unspecified atom stereocenters. The molecular weight excluding hydrogens is 312 g/mol. The van der Waals surface area contributed by atoms with Crippen molar-refractivity contribution >= 4 is 24.0 Å². The molecule has 1 saturated carbocycles. The van der Waals surface area contributed by atoms with Crippen LogP contribution < -0.4 is 11.1 Å². The molecule has 1 fully saturated rings. The average molecular weight is 335 g/mol. The minimum absolute atomic E-state index is 0. The van der Waals surface area contributed by atoms with Gasteiger partial charge in [-0.2, -0.15) is 5.10 Å². The van der Waals surface area contributed by atoms with Crippen molar-refractivity contribution in [1.82, 2.24) is 9.78 Å². The maximum atomic E-state index is 12.5. The summed E-state index contributed by atoms with van der Waals surface area (Å²) in [5.41, 5.74) is 7.64. The second-order valence-electron chi connectivity index (χ2n) is 6.29. The predicted octanol–water partition coefficient (Wildman–Crippen LogP) is 3.14. The lowest BCUT2D eigenvalue weighted by Gasteiger charge is -2.37. The molecule has 1 aromatic carbocycles. The molecular formula is C17H23ClN4O. The Hall–Kier alpha value is -1.85. The van der Waals surface area contributed by atoms with Crippen LogP contribution >= 0.6 is 12.4 Å². The Kier molecular flexibility index (Phi) is 5.44. The number of anilines is 1. The van der Waals surface area contributed by atoms with E-state index in [1.165, 1.54) is 0 Å². The molecule has 23 heavy (non-hydrogen) atoms. The van der Waals surface area contributed by atoms with Crippen molar-refractivity contribution in [2.24, 2.45) is 11.7 Å². The topological polar surface area (TPSA) is 72.9 Å². The number of carbonyl (C=O) groups excluding carboxylic acids is 1. The van der Waals surface area contributed by atoms with Gasteiger partial charge >= 0.3 is 0 Å². The molecule has 124 valence electrons. The van der Waals surface area contributed by atoms with E-state index in [1.54, 1.807) is 10.9 Å². The van der Waals surface area contributed by atoms with Crippen LogP contribution in [-0.2, 0) is 4.79 Å². The first-order chi connectivity index (χ1) is 10.6. The molecule has 0 spiro atoms. The van der Waals surface area contributed by atoms with Crippen LogP contribution in [-0.4, -0.2) is 21.2 Å². The van der Waals surface area contributed by atoms with E-state index in [9.17, 15) is 4.79 Å². The zero-order valence-corrected chi connectivity index (χ0v) is 14.1. The molecule has 6 heteroatoms. The van der Waals surface area contributed by atoms with E-state index >= 15 is 0 Å². The number of carbonyl (C=O) groups is 1. The van der Waals surface area contributed by atoms with Gasteiger partial charge in [-0.05, 0) is 50.1 Å². The summed E-state index contributed by atoms with van der Waals surface area (Å²) in [7, 11) is 0. The molecule has 1 amide bonds. The van der Waals surface area contributed by atoms with Crippen LogP contribution in [0.5, 0.6) is 0 Å². The number of halogens is 1. The van der Waals surface area contributed by atoms with E-state index in [0.29, 0.717) is 0 Å². The smallest absolute Gasteiger partial charge is 0.229 e. The molecule has 1 heterocycles. The fraction of sp³-hybridized carbons (Fsp3) is 0.412. The Morgan fingerprint density at radius 2 is 2.09 bits per heavy atom. The lowest BCUT2D eigenvalue weighted by Crippen LogP contribution is -2.51. The lowest BCUT2D eigenvalue weighted by atomic mass is 9.74. The minimum atomic E-state index is -0.405.